The minimum atomic E-state index is -3.59. The third kappa shape index (κ3) is 2.64. The predicted molar refractivity (Wildman–Crippen MR) is 70.9 cm³/mol. The number of nitrogens with zero attached hydrogens (tertiary/aromatic N) is 2. The van der Waals surface area contributed by atoms with Crippen LogP contribution in [0.4, 0.5) is 0 Å². The SMILES string of the molecule is CC1OCCC1N(C)S(=O)(=O)c1cccnc1CN. The molecule has 6 nitrogen and oxygen atoms in total. The average Bonchev–Trinajstić information content (AvgIpc) is 2.83. The van der Waals surface area contributed by atoms with Crippen molar-refractivity contribution in [2.45, 2.75) is 36.9 Å². The molecule has 0 aliphatic carbocycles. The Morgan fingerprint density at radius 3 is 2.89 bits per heavy atom. The number of pyridine rings is 1. The molecule has 1 aromatic heterocycles. The molecule has 19 heavy (non-hydrogen) atoms. The average molecular weight is 285 g/mol. The first-order valence-corrected chi connectivity index (χ1v) is 7.66. The molecule has 0 spiro atoms. The molecule has 1 aliphatic rings. The molecule has 1 aliphatic heterocycles. The zero-order valence-electron chi connectivity index (χ0n) is 11.1. The highest BCUT2D eigenvalue weighted by Crippen LogP contribution is 2.25. The van der Waals surface area contributed by atoms with Gasteiger partial charge in [-0.1, -0.05) is 0 Å². The molecule has 106 valence electrons. The largest absolute Gasteiger partial charge is 0.377 e. The molecule has 0 amide bonds. The lowest BCUT2D eigenvalue weighted by molar-refractivity contribution is 0.102. The molecule has 0 radical (unpaired) electrons. The smallest absolute Gasteiger partial charge is 0.245 e. The van der Waals surface area contributed by atoms with Gasteiger partial charge < -0.3 is 10.5 Å². The van der Waals surface area contributed by atoms with Gasteiger partial charge in [-0.25, -0.2) is 8.42 Å². The lowest BCUT2D eigenvalue weighted by Crippen LogP contribution is -2.41. The quantitative estimate of drug-likeness (QED) is 0.862. The predicted octanol–water partition coefficient (Wildman–Crippen LogP) is 0.338. The van der Waals surface area contributed by atoms with Crippen LogP contribution in [0.1, 0.15) is 19.0 Å². The lowest BCUT2D eigenvalue weighted by Gasteiger charge is -2.26. The van der Waals surface area contributed by atoms with Gasteiger partial charge in [0, 0.05) is 26.4 Å². The zero-order chi connectivity index (χ0) is 14.0. The van der Waals surface area contributed by atoms with Gasteiger partial charge in [-0.15, -0.1) is 0 Å². The van der Waals surface area contributed by atoms with Crippen LogP contribution in [0.2, 0.25) is 0 Å². The Bertz CT molecular complexity index is 547. The van der Waals surface area contributed by atoms with Crippen molar-refractivity contribution >= 4 is 10.0 Å². The number of likely N-dealkylation sites (N-methyl/N-ethyl adjacent to an activating group) is 1. The summed E-state index contributed by atoms with van der Waals surface area (Å²) in [5, 5.41) is 0. The highest BCUT2D eigenvalue weighted by atomic mass is 32.2. The van der Waals surface area contributed by atoms with Gasteiger partial charge in [0.1, 0.15) is 4.90 Å². The maximum Gasteiger partial charge on any atom is 0.245 e. The van der Waals surface area contributed by atoms with Crippen molar-refractivity contribution in [1.82, 2.24) is 9.29 Å². The summed E-state index contributed by atoms with van der Waals surface area (Å²) < 4.78 is 32.0. The van der Waals surface area contributed by atoms with Gasteiger partial charge in [-0.3, -0.25) is 4.98 Å². The Balaban J connectivity index is 2.36. The van der Waals surface area contributed by atoms with Crippen LogP contribution in [0.5, 0.6) is 0 Å². The van der Waals surface area contributed by atoms with Crippen molar-refractivity contribution in [3.63, 3.8) is 0 Å². The van der Waals surface area contributed by atoms with Crippen LogP contribution in [0, 0.1) is 0 Å². The van der Waals surface area contributed by atoms with Gasteiger partial charge in [-0.2, -0.15) is 4.31 Å². The first kappa shape index (κ1) is 14.4. The molecule has 0 aromatic carbocycles. The minimum absolute atomic E-state index is 0.0972. The second-order valence-corrected chi connectivity index (χ2v) is 6.57. The number of ether oxygens (including phenoxy) is 1. The molecule has 0 bridgehead atoms. The van der Waals surface area contributed by atoms with E-state index in [9.17, 15) is 8.42 Å². The van der Waals surface area contributed by atoms with E-state index in [1.165, 1.54) is 4.31 Å². The number of hydrogen-bond donors (Lipinski definition) is 1. The third-order valence-electron chi connectivity index (χ3n) is 3.50. The molecule has 2 heterocycles. The molecule has 2 atom stereocenters. The Kier molecular flexibility index (Phi) is 4.19. The number of nitrogens with two attached hydrogens (primary N) is 1. The van der Waals surface area contributed by atoms with E-state index < -0.39 is 10.0 Å². The Hall–Kier alpha value is -1.02. The van der Waals surface area contributed by atoms with Crippen molar-refractivity contribution in [2.75, 3.05) is 13.7 Å². The van der Waals surface area contributed by atoms with E-state index in [1.54, 1.807) is 25.4 Å². The molecular formula is C12H19N3O3S. The first-order valence-electron chi connectivity index (χ1n) is 6.22. The topological polar surface area (TPSA) is 85.5 Å². The Morgan fingerprint density at radius 2 is 2.32 bits per heavy atom. The summed E-state index contributed by atoms with van der Waals surface area (Å²) in [5.74, 6) is 0. The van der Waals surface area contributed by atoms with E-state index in [1.807, 2.05) is 6.92 Å². The van der Waals surface area contributed by atoms with Crippen LogP contribution in [0.25, 0.3) is 0 Å². The van der Waals surface area contributed by atoms with Crippen molar-refractivity contribution in [2.24, 2.45) is 5.73 Å². The molecule has 2 N–H and O–H groups in total. The fourth-order valence-electron chi connectivity index (χ4n) is 2.34. The molecule has 7 heteroatoms. The summed E-state index contributed by atoms with van der Waals surface area (Å²) in [6, 6.07) is 3.01. The van der Waals surface area contributed by atoms with Crippen LogP contribution in [0.15, 0.2) is 23.2 Å². The highest BCUT2D eigenvalue weighted by Gasteiger charge is 2.36. The number of hydrogen-bond acceptors (Lipinski definition) is 5. The first-order chi connectivity index (χ1) is 8.98. The second kappa shape index (κ2) is 5.54. The van der Waals surface area contributed by atoms with E-state index in [4.69, 9.17) is 10.5 Å². The number of rotatable bonds is 4. The van der Waals surface area contributed by atoms with E-state index in [-0.39, 0.29) is 23.6 Å². The molecule has 0 saturated carbocycles. The Labute approximate surface area is 113 Å². The van der Waals surface area contributed by atoms with E-state index in [0.29, 0.717) is 18.7 Å². The molecule has 1 saturated heterocycles. The van der Waals surface area contributed by atoms with Crippen LogP contribution in [-0.4, -0.2) is 43.5 Å². The zero-order valence-corrected chi connectivity index (χ0v) is 11.9. The van der Waals surface area contributed by atoms with E-state index in [2.05, 4.69) is 4.98 Å². The highest BCUT2D eigenvalue weighted by molar-refractivity contribution is 7.89. The fraction of sp³-hybridized carbons (Fsp3) is 0.583. The van der Waals surface area contributed by atoms with Gasteiger partial charge in [0.15, 0.2) is 0 Å². The molecule has 1 aromatic rings. The van der Waals surface area contributed by atoms with Crippen LogP contribution >= 0.6 is 0 Å². The van der Waals surface area contributed by atoms with Gasteiger partial charge >= 0.3 is 0 Å². The van der Waals surface area contributed by atoms with Gasteiger partial charge in [0.25, 0.3) is 0 Å². The maximum atomic E-state index is 12.6. The molecule has 2 unspecified atom stereocenters. The summed E-state index contributed by atoms with van der Waals surface area (Å²) in [7, 11) is -2.01. The molecule has 2 rings (SSSR count). The Morgan fingerprint density at radius 1 is 1.58 bits per heavy atom. The lowest BCUT2D eigenvalue weighted by atomic mass is 10.2. The monoisotopic (exact) mass is 285 g/mol. The van der Waals surface area contributed by atoms with Crippen LogP contribution in [0.3, 0.4) is 0 Å². The summed E-state index contributed by atoms with van der Waals surface area (Å²) in [5.41, 5.74) is 5.95. The van der Waals surface area contributed by atoms with Gasteiger partial charge in [-0.05, 0) is 25.5 Å². The summed E-state index contributed by atoms with van der Waals surface area (Å²) in [6.07, 6.45) is 2.15. The van der Waals surface area contributed by atoms with E-state index >= 15 is 0 Å². The summed E-state index contributed by atoms with van der Waals surface area (Å²) in [4.78, 5) is 4.21. The van der Waals surface area contributed by atoms with Gasteiger partial charge in [0.2, 0.25) is 10.0 Å². The summed E-state index contributed by atoms with van der Waals surface area (Å²) in [6.45, 7) is 2.57. The third-order valence-corrected chi connectivity index (χ3v) is 5.46. The number of aromatic nitrogens is 1. The van der Waals surface area contributed by atoms with Crippen LogP contribution in [-0.2, 0) is 21.3 Å². The fourth-order valence-corrected chi connectivity index (χ4v) is 3.97. The minimum Gasteiger partial charge on any atom is -0.377 e. The van der Waals surface area contributed by atoms with Crippen LogP contribution < -0.4 is 5.73 Å². The molecule has 1 fully saturated rings. The van der Waals surface area contributed by atoms with Crippen molar-refractivity contribution < 1.29 is 13.2 Å². The van der Waals surface area contributed by atoms with Crippen molar-refractivity contribution in [1.29, 1.82) is 0 Å². The van der Waals surface area contributed by atoms with Crippen molar-refractivity contribution in [3.05, 3.63) is 24.0 Å². The standard InChI is InChI=1S/C12H19N3O3S/c1-9-11(5-7-18-9)15(2)19(16,17)12-4-3-6-14-10(12)8-13/h3-4,6,9,11H,5,7-8,13H2,1-2H3. The number of sulfonamides is 1. The van der Waals surface area contributed by atoms with Crippen molar-refractivity contribution in [3.8, 4) is 0 Å². The van der Waals surface area contributed by atoms with E-state index in [0.717, 1.165) is 0 Å². The summed E-state index contributed by atoms with van der Waals surface area (Å²) >= 11 is 0. The van der Waals surface area contributed by atoms with Gasteiger partial charge in [0.05, 0.1) is 17.8 Å². The normalized spacial score (nSPS) is 24.0. The maximum absolute atomic E-state index is 12.6. The molecular weight excluding hydrogens is 266 g/mol. The second-order valence-electron chi connectivity index (χ2n) is 4.61.